The molecular weight excluding hydrogens is 457 g/mol. The zero-order valence-electron chi connectivity index (χ0n) is 17.8. The second-order valence-corrected chi connectivity index (χ2v) is 9.27. The maximum atomic E-state index is 13.9. The number of anilines is 1. The molecule has 162 valence electrons. The molecule has 0 atom stereocenters. The van der Waals surface area contributed by atoms with E-state index in [9.17, 15) is 13.6 Å². The number of carbonyl (C=O) groups excluding carboxylic acids is 1. The average molecular weight is 474 g/mol. The van der Waals surface area contributed by atoms with Crippen molar-refractivity contribution < 1.29 is 23.5 Å². The topological polar surface area (TPSA) is 78.8 Å². The number of amidine groups is 1. The molecule has 0 aromatic heterocycles. The number of benzene rings is 3. The number of aliphatic imine (C=N–C) groups is 1. The molecule has 1 aliphatic heterocycles. The fourth-order valence-corrected chi connectivity index (χ4v) is 4.02. The predicted octanol–water partition coefficient (Wildman–Crippen LogP) is 4.60. The van der Waals surface area contributed by atoms with Crippen molar-refractivity contribution >= 4 is 71.3 Å². The van der Waals surface area contributed by atoms with E-state index in [1.165, 1.54) is 26.7 Å². The van der Waals surface area contributed by atoms with Crippen LogP contribution in [0.2, 0.25) is 0 Å². The second-order valence-electron chi connectivity index (χ2n) is 7.09. The minimum absolute atomic E-state index is 0.300. The molecular formula is C24H17F2N2NaO3S. The van der Waals surface area contributed by atoms with Crippen LogP contribution in [0.25, 0.3) is 17.2 Å². The van der Waals surface area contributed by atoms with Crippen LogP contribution in [-0.2, 0) is 9.59 Å². The van der Waals surface area contributed by atoms with Gasteiger partial charge in [-0.05, 0) is 17.7 Å². The van der Waals surface area contributed by atoms with Crippen LogP contribution in [0.15, 0.2) is 76.6 Å². The third kappa shape index (κ3) is 7.36. The van der Waals surface area contributed by atoms with Gasteiger partial charge in [-0.3, -0.25) is 4.79 Å². The number of hydrogen-bond acceptors (Lipinski definition) is 4. The molecule has 0 saturated carbocycles. The number of carbonyl (C=O) groups is 2. The summed E-state index contributed by atoms with van der Waals surface area (Å²) < 4.78 is 28.3. The van der Waals surface area contributed by atoms with Crippen molar-refractivity contribution in [1.82, 2.24) is 0 Å². The van der Waals surface area contributed by atoms with Crippen molar-refractivity contribution in [2.45, 2.75) is 6.92 Å². The molecule has 1 amide bonds. The van der Waals surface area contributed by atoms with E-state index in [0.29, 0.717) is 21.2 Å². The Balaban J connectivity index is 0.000000709. The Hall–Kier alpha value is -2.78. The maximum absolute atomic E-state index is 13.9. The van der Waals surface area contributed by atoms with Crippen molar-refractivity contribution in [3.05, 3.63) is 88.8 Å². The van der Waals surface area contributed by atoms with Gasteiger partial charge in [0.25, 0.3) is 5.97 Å². The van der Waals surface area contributed by atoms with Crippen LogP contribution < -0.4 is 8.13 Å². The number of rotatable bonds is 3. The van der Waals surface area contributed by atoms with E-state index in [4.69, 9.17) is 9.90 Å². The molecule has 3 aromatic rings. The van der Waals surface area contributed by atoms with Gasteiger partial charge < -0.3 is 5.11 Å². The number of halogens is 2. The first-order valence-corrected chi connectivity index (χ1v) is 11.6. The molecule has 0 bridgehead atoms. The number of aliphatic carboxylic acids is 1. The van der Waals surface area contributed by atoms with Gasteiger partial charge >= 0.3 is 139 Å². The average Bonchev–Trinajstić information content (AvgIpc) is 3.09. The predicted molar refractivity (Wildman–Crippen MR) is 129 cm³/mol. The molecule has 0 radical (unpaired) electrons. The first-order valence-electron chi connectivity index (χ1n) is 9.82. The summed E-state index contributed by atoms with van der Waals surface area (Å²) >= 11 is 2.26. The van der Waals surface area contributed by atoms with Crippen LogP contribution in [-0.4, -0.2) is 50.1 Å². The summed E-state index contributed by atoms with van der Waals surface area (Å²) in [7, 11) is 0. The first kappa shape index (κ1) is 24.9. The summed E-state index contributed by atoms with van der Waals surface area (Å²) in [4.78, 5) is 25.8. The minimum atomic E-state index is -0.833. The molecule has 33 heavy (non-hydrogen) atoms. The molecule has 2 N–H and O–H groups in total. The van der Waals surface area contributed by atoms with Gasteiger partial charge in [0.05, 0.1) is 0 Å². The van der Waals surface area contributed by atoms with Gasteiger partial charge in [0.15, 0.2) is 0 Å². The molecule has 5 nitrogen and oxygen atoms in total. The van der Waals surface area contributed by atoms with Crippen molar-refractivity contribution in [1.29, 1.82) is 0 Å². The van der Waals surface area contributed by atoms with Gasteiger partial charge in [-0.2, -0.15) is 0 Å². The molecule has 1 heterocycles. The molecule has 1 aliphatic rings. The van der Waals surface area contributed by atoms with Crippen LogP contribution in [0.1, 0.15) is 12.5 Å². The Kier molecular flexibility index (Phi) is 8.57. The van der Waals surface area contributed by atoms with Crippen LogP contribution >= 0.6 is 11.8 Å². The Bertz CT molecular complexity index is 1240. The summed E-state index contributed by atoms with van der Waals surface area (Å²) in [5, 5.41) is 11.1. The fraction of sp³-hybridized carbons (Fsp3) is 0.0417. The van der Waals surface area contributed by atoms with E-state index in [1.807, 2.05) is 24.3 Å². The summed E-state index contributed by atoms with van der Waals surface area (Å²) in [6, 6.07) is 18.6. The van der Waals surface area contributed by atoms with Crippen LogP contribution in [0.3, 0.4) is 0 Å². The van der Waals surface area contributed by atoms with Crippen molar-refractivity contribution in [2.24, 2.45) is 4.99 Å². The molecule has 0 saturated heterocycles. The van der Waals surface area contributed by atoms with Crippen LogP contribution in [0, 0.1) is 11.6 Å². The fourth-order valence-electron chi connectivity index (χ4n) is 2.86. The van der Waals surface area contributed by atoms with Crippen LogP contribution in [0.4, 0.5) is 14.5 Å². The molecule has 0 spiro atoms. The Morgan fingerprint density at radius 2 is 1.70 bits per heavy atom. The van der Waals surface area contributed by atoms with E-state index in [0.717, 1.165) is 52.2 Å². The Morgan fingerprint density at radius 3 is 2.30 bits per heavy atom. The van der Waals surface area contributed by atoms with E-state index in [-0.39, 0.29) is 5.91 Å². The monoisotopic (exact) mass is 474 g/mol. The Morgan fingerprint density at radius 1 is 1.06 bits per heavy atom. The summed E-state index contributed by atoms with van der Waals surface area (Å²) in [6.45, 7) is 1.08. The summed E-state index contributed by atoms with van der Waals surface area (Å²) in [6.07, 6.45) is 1.75. The Labute approximate surface area is 211 Å². The zero-order valence-corrected chi connectivity index (χ0v) is 20.6. The van der Waals surface area contributed by atoms with Crippen LogP contribution in [0.5, 0.6) is 0 Å². The number of amides is 1. The van der Waals surface area contributed by atoms with E-state index in [2.05, 4.69) is 10.3 Å². The first-order chi connectivity index (χ1) is 15.7. The molecule has 0 aliphatic carbocycles. The van der Waals surface area contributed by atoms with Crippen molar-refractivity contribution in [3.8, 4) is 11.1 Å². The molecule has 3 aromatic carbocycles. The molecule has 0 fully saturated rings. The normalized spacial score (nSPS) is 13.9. The third-order valence-electron chi connectivity index (χ3n) is 4.37. The number of nitrogens with zero attached hydrogens (tertiary/aromatic N) is 1. The quantitative estimate of drug-likeness (QED) is 0.429. The number of carboxylic acid groups (broad SMARTS) is 1. The van der Waals surface area contributed by atoms with E-state index < -0.39 is 17.6 Å². The zero-order chi connectivity index (χ0) is 24.0. The van der Waals surface area contributed by atoms with E-state index >= 15 is 0 Å². The third-order valence-corrected chi connectivity index (χ3v) is 5.94. The van der Waals surface area contributed by atoms with Gasteiger partial charge in [0, 0.05) is 18.6 Å². The van der Waals surface area contributed by atoms with Gasteiger partial charge in [-0.25, -0.2) is 8.78 Å². The molecule has 9 heteroatoms. The summed E-state index contributed by atoms with van der Waals surface area (Å²) in [5.74, 6) is -2.35. The second kappa shape index (κ2) is 11.4. The van der Waals surface area contributed by atoms with E-state index in [1.54, 1.807) is 30.3 Å². The SMILES string of the molecule is CC(=O)O.O=C1N=C(Nc2cc[c]([Na])cc2)S/C1=C/c1ccc(-c2ccc(F)cc2F)cc1. The number of nitrogens with one attached hydrogen (secondary N) is 1. The van der Waals surface area contributed by atoms with Gasteiger partial charge in [0.1, 0.15) is 11.6 Å². The summed E-state index contributed by atoms with van der Waals surface area (Å²) in [5.41, 5.74) is 2.64. The van der Waals surface area contributed by atoms with Gasteiger partial charge in [-0.1, -0.05) is 0 Å². The number of hydrogen-bond donors (Lipinski definition) is 2. The molecule has 4 rings (SSSR count). The number of carboxylic acids is 1. The number of thioether (sulfide) groups is 1. The van der Waals surface area contributed by atoms with Crippen molar-refractivity contribution in [2.75, 3.05) is 5.32 Å². The van der Waals surface area contributed by atoms with Gasteiger partial charge in [-0.15, -0.1) is 0 Å². The standard InChI is InChI=1S/C22H13F2N2OS.C2H4O2.Na/c23-16-10-11-18(19(24)13-16)15-8-6-14(7-9-15)12-20-21(27)26-22(28-20)25-17-4-2-1-3-5-17;1-2(3)4;/h2-13H,(H,25,26,27);1H3,(H,3,4);/b20-12+;;. The van der Waals surface area contributed by atoms with Gasteiger partial charge in [0.2, 0.25) is 0 Å². The van der Waals surface area contributed by atoms with Crippen molar-refractivity contribution in [3.63, 3.8) is 0 Å². The molecule has 0 unspecified atom stereocenters.